The fourth-order valence-corrected chi connectivity index (χ4v) is 10.0. The molecular weight excluding hydrogens is 535 g/mol. The average Bonchev–Trinajstić information content (AvgIpc) is 3.54. The van der Waals surface area contributed by atoms with Crippen LogP contribution in [0.2, 0.25) is 0 Å². The minimum atomic E-state index is -4.96. The van der Waals surface area contributed by atoms with Crippen molar-refractivity contribution in [3.05, 3.63) is 0 Å². The summed E-state index contributed by atoms with van der Waals surface area (Å²) in [7, 11) is 1.76. The predicted molar refractivity (Wildman–Crippen MR) is 149 cm³/mol. The summed E-state index contributed by atoms with van der Waals surface area (Å²) in [5.41, 5.74) is -0.0221. The maximum absolute atomic E-state index is 12.9. The van der Waals surface area contributed by atoms with Crippen molar-refractivity contribution in [2.75, 3.05) is 20.1 Å². The van der Waals surface area contributed by atoms with Gasteiger partial charge in [0, 0.05) is 25.6 Å². The molecule has 232 valence electrons. The molecular formula is C31H48F3N3O4. The molecule has 0 aromatic heterocycles. The second kappa shape index (κ2) is 11.0. The standard InChI is InChI=1S/C31H48F3N3O4/c1-19(36-41-27(39)37(5)18-21-7-6-16-35-21)23-10-11-24-22-9-8-20-17-28(2,40-26(38)31(32,33)34)14-15-29(20,3)25(22)12-13-30(23,24)4/h20-25,35H,6-18H2,1-5H3/b36-19+/t20?,21?,22-,23+,24-,25-,28+,29-,30+/m0/s1. The number of hydrogen-bond donors (Lipinski definition) is 1. The van der Waals surface area contributed by atoms with E-state index in [4.69, 9.17) is 9.57 Å². The maximum atomic E-state index is 12.9. The molecule has 1 heterocycles. The van der Waals surface area contributed by atoms with E-state index in [1.807, 2.05) is 6.92 Å². The average molecular weight is 584 g/mol. The number of fused-ring (bicyclic) bond motifs is 5. The van der Waals surface area contributed by atoms with Gasteiger partial charge < -0.3 is 15.0 Å². The first-order valence-electron chi connectivity index (χ1n) is 15.7. The quantitative estimate of drug-likeness (QED) is 0.169. The molecule has 9 atom stereocenters. The number of oxime groups is 1. The summed E-state index contributed by atoms with van der Waals surface area (Å²) in [5, 5.41) is 7.76. The van der Waals surface area contributed by atoms with Gasteiger partial charge in [-0.2, -0.15) is 13.2 Å². The van der Waals surface area contributed by atoms with Crippen LogP contribution in [0, 0.1) is 40.4 Å². The van der Waals surface area contributed by atoms with E-state index in [1.54, 1.807) is 18.9 Å². The van der Waals surface area contributed by atoms with Crippen LogP contribution in [0.5, 0.6) is 0 Å². The van der Waals surface area contributed by atoms with Crippen molar-refractivity contribution in [3.8, 4) is 0 Å². The Hall–Kier alpha value is -1.84. The van der Waals surface area contributed by atoms with Gasteiger partial charge in [-0.1, -0.05) is 19.0 Å². The normalized spacial score (nSPS) is 42.6. The summed E-state index contributed by atoms with van der Waals surface area (Å²) in [6, 6.07) is 0.312. The van der Waals surface area contributed by atoms with E-state index in [9.17, 15) is 22.8 Å². The topological polar surface area (TPSA) is 80.2 Å². The van der Waals surface area contributed by atoms with Gasteiger partial charge in [0.2, 0.25) is 0 Å². The van der Waals surface area contributed by atoms with Gasteiger partial charge in [-0.05, 0) is 126 Å². The van der Waals surface area contributed by atoms with Gasteiger partial charge in [-0.3, -0.25) is 4.84 Å². The van der Waals surface area contributed by atoms with Crippen LogP contribution < -0.4 is 5.32 Å². The zero-order chi connectivity index (χ0) is 29.8. The lowest BCUT2D eigenvalue weighted by molar-refractivity contribution is -0.223. The molecule has 0 spiro atoms. The maximum Gasteiger partial charge on any atom is 0.490 e. The number of likely N-dealkylation sites (N-methyl/N-ethyl adjacent to an activating group) is 1. The number of amides is 1. The molecule has 4 saturated carbocycles. The highest BCUT2D eigenvalue weighted by Gasteiger charge is 2.62. The third kappa shape index (κ3) is 5.75. The molecule has 1 N–H and O–H groups in total. The molecule has 1 saturated heterocycles. The van der Waals surface area contributed by atoms with Gasteiger partial charge in [0.25, 0.3) is 0 Å². The number of esters is 1. The van der Waals surface area contributed by atoms with Crippen molar-refractivity contribution >= 4 is 17.8 Å². The Labute approximate surface area is 242 Å². The Morgan fingerprint density at radius 1 is 0.976 bits per heavy atom. The minimum absolute atomic E-state index is 0.0455. The molecule has 0 radical (unpaired) electrons. The molecule has 5 rings (SSSR count). The Kier molecular flexibility index (Phi) is 8.23. The van der Waals surface area contributed by atoms with Gasteiger partial charge in [0.1, 0.15) is 5.60 Å². The molecule has 1 aliphatic heterocycles. The molecule has 0 aromatic rings. The zero-order valence-electron chi connectivity index (χ0n) is 25.3. The second-order valence-electron chi connectivity index (χ2n) is 14.6. The summed E-state index contributed by atoms with van der Waals surface area (Å²) in [6.07, 6.45) is 4.90. The second-order valence-corrected chi connectivity index (χ2v) is 14.6. The number of ether oxygens (including phenoxy) is 1. The van der Waals surface area contributed by atoms with Crippen LogP contribution in [0.15, 0.2) is 5.16 Å². The van der Waals surface area contributed by atoms with Crippen LogP contribution in [0.1, 0.15) is 98.3 Å². The van der Waals surface area contributed by atoms with Crippen LogP contribution in [0.4, 0.5) is 18.0 Å². The van der Waals surface area contributed by atoms with Crippen LogP contribution in [-0.4, -0.2) is 60.6 Å². The molecule has 10 heteroatoms. The van der Waals surface area contributed by atoms with Crippen molar-refractivity contribution in [2.45, 2.75) is 116 Å². The molecule has 5 aliphatic rings. The predicted octanol–water partition coefficient (Wildman–Crippen LogP) is 6.71. The SMILES string of the molecule is C/C(=N\OC(=O)N(C)CC1CCCN1)[C@H]1CC[C@H]2[C@@H]3CCC4C[C@](C)(OC(=O)C(F)(F)F)CC[C@]4(C)[C@H]3CC[C@]12C. The number of carbonyl (C=O) groups is 2. The lowest BCUT2D eigenvalue weighted by Gasteiger charge is -2.62. The van der Waals surface area contributed by atoms with Crippen LogP contribution in [0.3, 0.4) is 0 Å². The van der Waals surface area contributed by atoms with Crippen molar-refractivity contribution in [2.24, 2.45) is 45.6 Å². The number of hydrogen-bond acceptors (Lipinski definition) is 6. The third-order valence-electron chi connectivity index (χ3n) is 12.2. The summed E-state index contributed by atoms with van der Waals surface area (Å²) in [4.78, 5) is 31.3. The lowest BCUT2D eigenvalue weighted by atomic mass is 9.44. The Balaban J connectivity index is 1.22. The van der Waals surface area contributed by atoms with Gasteiger partial charge in [0.15, 0.2) is 0 Å². The summed E-state index contributed by atoms with van der Waals surface area (Å²) >= 11 is 0. The van der Waals surface area contributed by atoms with Crippen LogP contribution >= 0.6 is 0 Å². The first kappa shape index (κ1) is 30.6. The molecule has 41 heavy (non-hydrogen) atoms. The monoisotopic (exact) mass is 583 g/mol. The fraction of sp³-hybridized carbons (Fsp3) is 0.903. The Morgan fingerprint density at radius 2 is 1.71 bits per heavy atom. The van der Waals surface area contributed by atoms with Gasteiger partial charge in [-0.25, -0.2) is 9.59 Å². The van der Waals surface area contributed by atoms with E-state index < -0.39 is 23.8 Å². The number of alkyl halides is 3. The molecule has 4 aliphatic carbocycles. The van der Waals surface area contributed by atoms with Gasteiger partial charge >= 0.3 is 18.2 Å². The number of nitrogens with one attached hydrogen (secondary N) is 1. The fourth-order valence-electron chi connectivity index (χ4n) is 10.0. The van der Waals surface area contributed by atoms with E-state index in [-0.39, 0.29) is 22.7 Å². The zero-order valence-corrected chi connectivity index (χ0v) is 25.3. The van der Waals surface area contributed by atoms with Crippen LogP contribution in [-0.2, 0) is 14.4 Å². The first-order valence-corrected chi connectivity index (χ1v) is 15.7. The molecule has 0 aromatic carbocycles. The van der Waals surface area contributed by atoms with E-state index >= 15 is 0 Å². The van der Waals surface area contributed by atoms with Gasteiger partial charge in [0.05, 0.1) is 5.71 Å². The first-order chi connectivity index (χ1) is 19.2. The number of nitrogens with zero attached hydrogens (tertiary/aromatic N) is 2. The van der Waals surface area contributed by atoms with Crippen molar-refractivity contribution in [1.82, 2.24) is 10.2 Å². The smallest absolute Gasteiger partial charge is 0.453 e. The Morgan fingerprint density at radius 3 is 2.39 bits per heavy atom. The van der Waals surface area contributed by atoms with Crippen molar-refractivity contribution < 1.29 is 32.3 Å². The van der Waals surface area contributed by atoms with E-state index in [2.05, 4.69) is 24.3 Å². The molecule has 1 amide bonds. The number of rotatable bonds is 5. The van der Waals surface area contributed by atoms with Crippen molar-refractivity contribution in [1.29, 1.82) is 0 Å². The number of carbonyl (C=O) groups excluding carboxylic acids is 2. The minimum Gasteiger partial charge on any atom is -0.453 e. The Bertz CT molecular complexity index is 1050. The highest BCUT2D eigenvalue weighted by Crippen LogP contribution is 2.68. The third-order valence-corrected chi connectivity index (χ3v) is 12.2. The molecule has 2 unspecified atom stereocenters. The highest BCUT2D eigenvalue weighted by molar-refractivity contribution is 5.85. The van der Waals surface area contributed by atoms with E-state index in [1.165, 1.54) is 0 Å². The lowest BCUT2D eigenvalue weighted by Crippen LogP contribution is -2.56. The molecule has 5 fully saturated rings. The molecule has 0 bridgehead atoms. The van der Waals surface area contributed by atoms with Gasteiger partial charge in [-0.15, -0.1) is 0 Å². The van der Waals surface area contributed by atoms with Crippen molar-refractivity contribution in [3.63, 3.8) is 0 Å². The van der Waals surface area contributed by atoms with Crippen LogP contribution in [0.25, 0.3) is 0 Å². The van der Waals surface area contributed by atoms with E-state index in [0.717, 1.165) is 70.0 Å². The highest BCUT2D eigenvalue weighted by atomic mass is 19.4. The summed E-state index contributed by atoms with van der Waals surface area (Å²) in [5.74, 6) is 0.103. The largest absolute Gasteiger partial charge is 0.490 e. The summed E-state index contributed by atoms with van der Waals surface area (Å²) in [6.45, 7) is 10.0. The van der Waals surface area contributed by atoms with E-state index in [0.29, 0.717) is 43.2 Å². The molecule has 7 nitrogen and oxygen atoms in total. The summed E-state index contributed by atoms with van der Waals surface area (Å²) < 4.78 is 43.9. The number of halogens is 3.